The number of halogens is 1. The molecule has 1 heterocycles. The SMILES string of the molecule is CCN(c1cccc(F)c1)c1cccc2c1CCCN2. The molecular formula is C17H19FN2. The van der Waals surface area contributed by atoms with Gasteiger partial charge in [-0.15, -0.1) is 0 Å². The zero-order chi connectivity index (χ0) is 13.9. The number of nitrogens with zero attached hydrogens (tertiary/aromatic N) is 1. The second-order valence-corrected chi connectivity index (χ2v) is 5.06. The summed E-state index contributed by atoms with van der Waals surface area (Å²) in [7, 11) is 0. The normalized spacial score (nSPS) is 13.5. The highest BCUT2D eigenvalue weighted by Gasteiger charge is 2.17. The molecule has 0 saturated heterocycles. The van der Waals surface area contributed by atoms with Crippen LogP contribution in [0.4, 0.5) is 21.5 Å². The van der Waals surface area contributed by atoms with Crippen LogP contribution in [-0.2, 0) is 6.42 Å². The Kier molecular flexibility index (Phi) is 3.59. The average Bonchev–Trinajstić information content (AvgIpc) is 2.48. The van der Waals surface area contributed by atoms with E-state index in [1.807, 2.05) is 6.07 Å². The molecule has 0 saturated carbocycles. The lowest BCUT2D eigenvalue weighted by atomic mass is 10.0. The zero-order valence-electron chi connectivity index (χ0n) is 11.7. The summed E-state index contributed by atoms with van der Waals surface area (Å²) < 4.78 is 13.5. The van der Waals surface area contributed by atoms with Crippen LogP contribution in [0.3, 0.4) is 0 Å². The van der Waals surface area contributed by atoms with E-state index < -0.39 is 0 Å². The van der Waals surface area contributed by atoms with E-state index in [1.165, 1.54) is 23.0 Å². The lowest BCUT2D eigenvalue weighted by molar-refractivity contribution is 0.627. The Morgan fingerprint density at radius 1 is 1.20 bits per heavy atom. The maximum Gasteiger partial charge on any atom is 0.125 e. The van der Waals surface area contributed by atoms with Crippen molar-refractivity contribution in [2.24, 2.45) is 0 Å². The van der Waals surface area contributed by atoms with Crippen LogP contribution in [-0.4, -0.2) is 13.1 Å². The molecule has 0 atom stereocenters. The first kappa shape index (κ1) is 13.0. The van der Waals surface area contributed by atoms with Crippen LogP contribution in [0.5, 0.6) is 0 Å². The third-order valence-corrected chi connectivity index (χ3v) is 3.80. The predicted octanol–water partition coefficient (Wildman–Crippen LogP) is 4.34. The molecule has 0 radical (unpaired) electrons. The molecule has 3 rings (SSSR count). The van der Waals surface area contributed by atoms with Crippen LogP contribution in [0.2, 0.25) is 0 Å². The fraction of sp³-hybridized carbons (Fsp3) is 0.294. The smallest absolute Gasteiger partial charge is 0.125 e. The molecule has 1 N–H and O–H groups in total. The molecule has 104 valence electrons. The van der Waals surface area contributed by atoms with Crippen molar-refractivity contribution in [3.05, 3.63) is 53.8 Å². The Morgan fingerprint density at radius 2 is 2.05 bits per heavy atom. The average molecular weight is 270 g/mol. The maximum absolute atomic E-state index is 13.5. The second kappa shape index (κ2) is 5.53. The van der Waals surface area contributed by atoms with Crippen molar-refractivity contribution in [2.75, 3.05) is 23.3 Å². The van der Waals surface area contributed by atoms with Crippen molar-refractivity contribution in [3.63, 3.8) is 0 Å². The summed E-state index contributed by atoms with van der Waals surface area (Å²) in [5.41, 5.74) is 4.64. The molecule has 1 aliphatic heterocycles. The van der Waals surface area contributed by atoms with Gasteiger partial charge in [0.2, 0.25) is 0 Å². The van der Waals surface area contributed by atoms with Crippen LogP contribution in [0.15, 0.2) is 42.5 Å². The van der Waals surface area contributed by atoms with E-state index in [4.69, 9.17) is 0 Å². The summed E-state index contributed by atoms with van der Waals surface area (Å²) >= 11 is 0. The zero-order valence-corrected chi connectivity index (χ0v) is 11.7. The van der Waals surface area contributed by atoms with Gasteiger partial charge in [-0.2, -0.15) is 0 Å². The second-order valence-electron chi connectivity index (χ2n) is 5.06. The van der Waals surface area contributed by atoms with Gasteiger partial charge in [0, 0.05) is 30.2 Å². The van der Waals surface area contributed by atoms with Gasteiger partial charge in [0.15, 0.2) is 0 Å². The van der Waals surface area contributed by atoms with Gasteiger partial charge in [-0.25, -0.2) is 4.39 Å². The van der Waals surface area contributed by atoms with Gasteiger partial charge in [-0.3, -0.25) is 0 Å². The first-order chi connectivity index (χ1) is 9.79. The highest BCUT2D eigenvalue weighted by Crippen LogP contribution is 2.35. The minimum atomic E-state index is -0.191. The van der Waals surface area contributed by atoms with Crippen LogP contribution in [0.1, 0.15) is 18.9 Å². The van der Waals surface area contributed by atoms with Crippen molar-refractivity contribution in [2.45, 2.75) is 19.8 Å². The van der Waals surface area contributed by atoms with Gasteiger partial charge in [0.1, 0.15) is 5.82 Å². The van der Waals surface area contributed by atoms with E-state index in [2.05, 4.69) is 35.3 Å². The molecule has 2 nitrogen and oxygen atoms in total. The quantitative estimate of drug-likeness (QED) is 0.892. The van der Waals surface area contributed by atoms with E-state index in [9.17, 15) is 4.39 Å². The number of hydrogen-bond donors (Lipinski definition) is 1. The summed E-state index contributed by atoms with van der Waals surface area (Å²) in [6, 6.07) is 13.1. The predicted molar refractivity (Wildman–Crippen MR) is 82.3 cm³/mol. The Labute approximate surface area is 119 Å². The Balaban J connectivity index is 2.06. The van der Waals surface area contributed by atoms with Gasteiger partial charge in [-0.05, 0) is 55.7 Å². The first-order valence-electron chi connectivity index (χ1n) is 7.18. The number of nitrogens with one attached hydrogen (secondary N) is 1. The topological polar surface area (TPSA) is 15.3 Å². The van der Waals surface area contributed by atoms with E-state index in [-0.39, 0.29) is 5.82 Å². The van der Waals surface area contributed by atoms with Crippen molar-refractivity contribution in [1.29, 1.82) is 0 Å². The fourth-order valence-electron chi connectivity index (χ4n) is 2.88. The molecule has 0 aliphatic carbocycles. The van der Waals surface area contributed by atoms with Crippen molar-refractivity contribution in [3.8, 4) is 0 Å². The molecule has 0 amide bonds. The number of anilines is 3. The largest absolute Gasteiger partial charge is 0.385 e. The van der Waals surface area contributed by atoms with E-state index in [0.717, 1.165) is 31.6 Å². The summed E-state index contributed by atoms with van der Waals surface area (Å²) in [5.74, 6) is -0.191. The Bertz CT molecular complexity index is 610. The van der Waals surface area contributed by atoms with Gasteiger partial charge in [0.25, 0.3) is 0 Å². The minimum Gasteiger partial charge on any atom is -0.385 e. The molecule has 0 spiro atoms. The third kappa shape index (κ3) is 2.36. The monoisotopic (exact) mass is 270 g/mol. The number of hydrogen-bond acceptors (Lipinski definition) is 2. The van der Waals surface area contributed by atoms with Crippen molar-refractivity contribution in [1.82, 2.24) is 0 Å². The number of fused-ring (bicyclic) bond motifs is 1. The van der Waals surface area contributed by atoms with Gasteiger partial charge < -0.3 is 10.2 Å². The van der Waals surface area contributed by atoms with Crippen LogP contribution >= 0.6 is 0 Å². The molecule has 2 aromatic rings. The lowest BCUT2D eigenvalue weighted by Gasteiger charge is -2.29. The van der Waals surface area contributed by atoms with Crippen LogP contribution in [0.25, 0.3) is 0 Å². The maximum atomic E-state index is 13.5. The molecule has 0 bridgehead atoms. The summed E-state index contributed by atoms with van der Waals surface area (Å²) in [5, 5.41) is 3.44. The van der Waals surface area contributed by atoms with Crippen LogP contribution < -0.4 is 10.2 Å². The molecule has 1 aliphatic rings. The molecule has 2 aromatic carbocycles. The Hall–Kier alpha value is -2.03. The summed E-state index contributed by atoms with van der Waals surface area (Å²) in [4.78, 5) is 2.18. The standard InChI is InChI=1S/C17H19FN2/c1-2-20(14-7-3-6-13(18)12-14)17-10-4-9-16-15(17)8-5-11-19-16/h3-4,6-7,9-10,12,19H,2,5,8,11H2,1H3. The summed E-state index contributed by atoms with van der Waals surface area (Å²) in [6.45, 7) is 3.95. The highest BCUT2D eigenvalue weighted by atomic mass is 19.1. The lowest BCUT2D eigenvalue weighted by Crippen LogP contribution is -2.21. The first-order valence-corrected chi connectivity index (χ1v) is 7.18. The van der Waals surface area contributed by atoms with E-state index in [0.29, 0.717) is 0 Å². The molecule has 0 fully saturated rings. The Morgan fingerprint density at radius 3 is 2.85 bits per heavy atom. The molecular weight excluding hydrogens is 251 g/mol. The van der Waals surface area contributed by atoms with E-state index in [1.54, 1.807) is 12.1 Å². The summed E-state index contributed by atoms with van der Waals surface area (Å²) in [6.07, 6.45) is 2.22. The number of rotatable bonds is 3. The molecule has 0 unspecified atom stereocenters. The van der Waals surface area contributed by atoms with Crippen molar-refractivity contribution < 1.29 is 4.39 Å². The van der Waals surface area contributed by atoms with Gasteiger partial charge in [0.05, 0.1) is 0 Å². The fourth-order valence-corrected chi connectivity index (χ4v) is 2.88. The third-order valence-electron chi connectivity index (χ3n) is 3.80. The minimum absolute atomic E-state index is 0.191. The molecule has 20 heavy (non-hydrogen) atoms. The van der Waals surface area contributed by atoms with Gasteiger partial charge >= 0.3 is 0 Å². The number of benzene rings is 2. The molecule has 3 heteroatoms. The van der Waals surface area contributed by atoms with Crippen molar-refractivity contribution >= 4 is 17.1 Å². The molecule has 0 aromatic heterocycles. The highest BCUT2D eigenvalue weighted by molar-refractivity contribution is 5.73. The van der Waals surface area contributed by atoms with E-state index >= 15 is 0 Å². The van der Waals surface area contributed by atoms with Crippen LogP contribution in [0, 0.1) is 5.82 Å². The van der Waals surface area contributed by atoms with Gasteiger partial charge in [-0.1, -0.05) is 12.1 Å².